The lowest BCUT2D eigenvalue weighted by molar-refractivity contribution is 0.305. The van der Waals surface area contributed by atoms with E-state index in [4.69, 9.17) is 5.11 Å². The van der Waals surface area contributed by atoms with Crippen LogP contribution < -0.4 is 4.72 Å². The first-order valence-corrected chi connectivity index (χ1v) is 6.32. The number of benzene rings is 1. The third kappa shape index (κ3) is 3.53. The third-order valence-electron chi connectivity index (χ3n) is 1.96. The Kier molecular flexibility index (Phi) is 4.63. The van der Waals surface area contributed by atoms with E-state index in [0.717, 1.165) is 12.1 Å². The summed E-state index contributed by atoms with van der Waals surface area (Å²) < 4.78 is 38.3. The fourth-order valence-corrected chi connectivity index (χ4v) is 1.91. The number of sulfonamides is 1. The molecule has 1 rings (SSSR count). The Morgan fingerprint density at radius 1 is 1.47 bits per heavy atom. The predicted octanol–water partition coefficient (Wildman–Crippen LogP) is 0.468. The Morgan fingerprint density at radius 3 is 2.71 bits per heavy atom. The second-order valence-electron chi connectivity index (χ2n) is 3.13. The minimum absolute atomic E-state index is 0.0678. The molecular formula is C11H12FNO3S. The molecule has 0 bridgehead atoms. The van der Waals surface area contributed by atoms with Crippen molar-refractivity contribution in [2.45, 2.75) is 11.3 Å². The number of halogens is 1. The molecule has 0 aliphatic rings. The summed E-state index contributed by atoms with van der Waals surface area (Å²) in [6.07, 6.45) is 0.290. The first-order chi connectivity index (χ1) is 8.01. The van der Waals surface area contributed by atoms with Crippen molar-refractivity contribution in [3.8, 4) is 11.8 Å². The Balaban J connectivity index is 3.08. The average molecular weight is 257 g/mol. The summed E-state index contributed by atoms with van der Waals surface area (Å²) in [5.41, 5.74) is 0.367. The minimum atomic E-state index is -3.78. The lowest BCUT2D eigenvalue weighted by Gasteiger charge is -2.03. The number of hydrogen-bond acceptors (Lipinski definition) is 3. The Morgan fingerprint density at radius 2 is 2.18 bits per heavy atom. The molecule has 0 radical (unpaired) electrons. The van der Waals surface area contributed by atoms with E-state index < -0.39 is 20.7 Å². The molecule has 0 fully saturated rings. The summed E-state index contributed by atoms with van der Waals surface area (Å²) in [6.45, 7) is -0.0678. The Hall–Kier alpha value is -1.42. The summed E-state index contributed by atoms with van der Waals surface area (Å²) in [5.74, 6) is 4.39. The van der Waals surface area contributed by atoms with Crippen LogP contribution >= 0.6 is 0 Å². The van der Waals surface area contributed by atoms with Gasteiger partial charge in [0.25, 0.3) is 0 Å². The Bertz CT molecular complexity index is 558. The molecule has 0 heterocycles. The van der Waals surface area contributed by atoms with Crippen LogP contribution in [0.25, 0.3) is 0 Å². The molecule has 0 aromatic heterocycles. The van der Waals surface area contributed by atoms with Crippen molar-refractivity contribution in [2.75, 3.05) is 13.7 Å². The van der Waals surface area contributed by atoms with Crippen LogP contribution in [-0.2, 0) is 10.0 Å². The minimum Gasteiger partial charge on any atom is -0.395 e. The van der Waals surface area contributed by atoms with Crippen molar-refractivity contribution in [1.29, 1.82) is 0 Å². The molecular weight excluding hydrogens is 245 g/mol. The highest BCUT2D eigenvalue weighted by Crippen LogP contribution is 2.15. The van der Waals surface area contributed by atoms with Gasteiger partial charge in [-0.2, -0.15) is 0 Å². The van der Waals surface area contributed by atoms with Gasteiger partial charge in [-0.05, 0) is 25.2 Å². The molecule has 0 saturated carbocycles. The second kappa shape index (κ2) is 5.77. The normalized spacial score (nSPS) is 10.8. The highest BCUT2D eigenvalue weighted by atomic mass is 32.2. The van der Waals surface area contributed by atoms with Gasteiger partial charge in [0.05, 0.1) is 6.61 Å². The van der Waals surface area contributed by atoms with Gasteiger partial charge in [0.15, 0.2) is 0 Å². The number of nitrogens with one attached hydrogen (secondary N) is 1. The van der Waals surface area contributed by atoms with E-state index in [1.54, 1.807) is 0 Å². The van der Waals surface area contributed by atoms with Gasteiger partial charge < -0.3 is 5.11 Å². The van der Waals surface area contributed by atoms with Crippen molar-refractivity contribution in [3.05, 3.63) is 29.6 Å². The van der Waals surface area contributed by atoms with E-state index in [-0.39, 0.29) is 13.0 Å². The molecule has 92 valence electrons. The monoisotopic (exact) mass is 257 g/mol. The van der Waals surface area contributed by atoms with Crippen molar-refractivity contribution in [2.24, 2.45) is 0 Å². The predicted molar refractivity (Wildman–Crippen MR) is 61.2 cm³/mol. The van der Waals surface area contributed by atoms with Crippen LogP contribution in [0.4, 0.5) is 4.39 Å². The van der Waals surface area contributed by atoms with E-state index >= 15 is 0 Å². The molecule has 2 N–H and O–H groups in total. The fourth-order valence-electron chi connectivity index (χ4n) is 1.13. The largest absolute Gasteiger partial charge is 0.395 e. The van der Waals surface area contributed by atoms with E-state index in [2.05, 4.69) is 11.8 Å². The molecule has 0 amide bonds. The van der Waals surface area contributed by atoms with E-state index in [9.17, 15) is 12.8 Å². The van der Waals surface area contributed by atoms with Gasteiger partial charge in [0, 0.05) is 12.0 Å². The lowest BCUT2D eigenvalue weighted by Crippen LogP contribution is -2.19. The highest BCUT2D eigenvalue weighted by molar-refractivity contribution is 7.89. The maximum absolute atomic E-state index is 13.5. The summed E-state index contributed by atoms with van der Waals surface area (Å²) in [5, 5.41) is 8.52. The summed E-state index contributed by atoms with van der Waals surface area (Å²) in [7, 11) is -2.57. The summed E-state index contributed by atoms with van der Waals surface area (Å²) in [4.78, 5) is -0.410. The van der Waals surface area contributed by atoms with Crippen LogP contribution in [0.1, 0.15) is 12.0 Å². The SMILES string of the molecule is CNS(=O)(=O)c1ccc(C#CCCO)cc1F. The molecule has 0 unspecified atom stereocenters. The van der Waals surface area contributed by atoms with E-state index in [1.165, 1.54) is 13.1 Å². The molecule has 0 aliphatic carbocycles. The number of hydrogen-bond donors (Lipinski definition) is 2. The van der Waals surface area contributed by atoms with Crippen molar-refractivity contribution in [1.82, 2.24) is 4.72 Å². The van der Waals surface area contributed by atoms with E-state index in [1.807, 2.05) is 4.72 Å². The summed E-state index contributed by atoms with van der Waals surface area (Å²) in [6, 6.07) is 3.62. The highest BCUT2D eigenvalue weighted by Gasteiger charge is 2.16. The van der Waals surface area contributed by atoms with Gasteiger partial charge in [0.2, 0.25) is 10.0 Å². The molecule has 17 heavy (non-hydrogen) atoms. The van der Waals surface area contributed by atoms with Crippen LogP contribution in [0.15, 0.2) is 23.1 Å². The molecule has 1 aromatic rings. The van der Waals surface area contributed by atoms with Crippen molar-refractivity contribution in [3.63, 3.8) is 0 Å². The first kappa shape index (κ1) is 13.6. The zero-order valence-electron chi connectivity index (χ0n) is 9.20. The topological polar surface area (TPSA) is 66.4 Å². The van der Waals surface area contributed by atoms with Crippen LogP contribution in [-0.4, -0.2) is 27.2 Å². The van der Waals surface area contributed by atoms with Crippen molar-refractivity contribution < 1.29 is 17.9 Å². The quantitative estimate of drug-likeness (QED) is 0.773. The van der Waals surface area contributed by atoms with Gasteiger partial charge in [-0.1, -0.05) is 11.8 Å². The fraction of sp³-hybridized carbons (Fsp3) is 0.273. The third-order valence-corrected chi connectivity index (χ3v) is 3.41. The molecule has 0 atom stereocenters. The molecule has 4 nitrogen and oxygen atoms in total. The van der Waals surface area contributed by atoms with Gasteiger partial charge >= 0.3 is 0 Å². The standard InChI is InChI=1S/C11H12FNO3S/c1-13-17(15,16)11-6-5-9(8-10(11)12)4-2-3-7-14/h5-6,8,13-14H,3,7H2,1H3. The van der Waals surface area contributed by atoms with E-state index in [0.29, 0.717) is 5.56 Å². The number of aliphatic hydroxyl groups excluding tert-OH is 1. The van der Waals surface area contributed by atoms with Crippen LogP contribution in [0.5, 0.6) is 0 Å². The number of rotatable bonds is 3. The average Bonchev–Trinajstić information content (AvgIpc) is 2.29. The lowest BCUT2D eigenvalue weighted by atomic mass is 10.2. The molecule has 0 saturated heterocycles. The summed E-state index contributed by atoms with van der Waals surface area (Å²) >= 11 is 0. The zero-order valence-corrected chi connectivity index (χ0v) is 10.0. The van der Waals surface area contributed by atoms with Crippen molar-refractivity contribution >= 4 is 10.0 Å². The number of aliphatic hydroxyl groups is 1. The molecule has 6 heteroatoms. The van der Waals surface area contributed by atoms with Crippen LogP contribution in [0, 0.1) is 17.7 Å². The maximum Gasteiger partial charge on any atom is 0.243 e. The maximum atomic E-state index is 13.5. The molecule has 1 aromatic carbocycles. The van der Waals surface area contributed by atoms with Gasteiger partial charge in [-0.3, -0.25) is 0 Å². The zero-order chi connectivity index (χ0) is 12.9. The molecule has 0 spiro atoms. The van der Waals surface area contributed by atoms with Gasteiger partial charge in [0.1, 0.15) is 10.7 Å². The second-order valence-corrected chi connectivity index (χ2v) is 4.98. The Labute approximate surface area is 99.5 Å². The van der Waals surface area contributed by atoms with Gasteiger partial charge in [-0.25, -0.2) is 17.5 Å². The smallest absolute Gasteiger partial charge is 0.243 e. The first-order valence-electron chi connectivity index (χ1n) is 4.84. The molecule has 0 aliphatic heterocycles. The van der Waals surface area contributed by atoms with Crippen LogP contribution in [0.2, 0.25) is 0 Å². The van der Waals surface area contributed by atoms with Gasteiger partial charge in [-0.15, -0.1) is 0 Å². The van der Waals surface area contributed by atoms with Crippen LogP contribution in [0.3, 0.4) is 0 Å².